The average Bonchev–Trinajstić information content (AvgIpc) is 2.45. The van der Waals surface area contributed by atoms with Gasteiger partial charge in [-0.3, -0.25) is 9.59 Å². The zero-order chi connectivity index (χ0) is 10.7. The topological polar surface area (TPSA) is 128 Å². The highest BCUT2D eigenvalue weighted by atomic mass is 16.2. The molecule has 0 fully saturated rings. The van der Waals surface area contributed by atoms with Gasteiger partial charge in [0.1, 0.15) is 23.9 Å². The number of carbonyl (C=O) groups excluding carboxylic acids is 2. The number of carbonyl (C=O) groups is 2. The fourth-order valence-electron chi connectivity index (χ4n) is 0.867. The predicted molar refractivity (Wildman–Crippen MR) is 45.8 cm³/mol. The monoisotopic (exact) mass is 193 g/mol. The molecule has 0 unspecified atom stereocenters. The third-order valence-electron chi connectivity index (χ3n) is 1.49. The summed E-state index contributed by atoms with van der Waals surface area (Å²) in [7, 11) is 0. The van der Waals surface area contributed by atoms with E-state index in [1.165, 1.54) is 0 Å². The van der Waals surface area contributed by atoms with Crippen molar-refractivity contribution in [2.24, 2.45) is 5.73 Å². The first kappa shape index (κ1) is 9.73. The molecule has 0 saturated heterocycles. The quantitative estimate of drug-likeness (QED) is 0.573. The van der Waals surface area contributed by atoms with Gasteiger partial charge in [-0.1, -0.05) is 0 Å². The van der Waals surface area contributed by atoms with Gasteiger partial charge in [0.05, 0.1) is 6.20 Å². The lowest BCUT2D eigenvalue weighted by Gasteiger charge is -1.99. The average molecular weight is 193 g/mol. The fourth-order valence-corrected chi connectivity index (χ4v) is 0.867. The van der Waals surface area contributed by atoms with Crippen LogP contribution in [0.3, 0.4) is 0 Å². The first-order valence-corrected chi connectivity index (χ1v) is 3.61. The molecule has 0 radical (unpaired) electrons. The van der Waals surface area contributed by atoms with Crippen LogP contribution in [-0.2, 0) is 4.79 Å². The highest BCUT2D eigenvalue weighted by Crippen LogP contribution is 2.09. The number of aromatic nitrogens is 2. The van der Waals surface area contributed by atoms with Gasteiger partial charge in [0, 0.05) is 0 Å². The van der Waals surface area contributed by atoms with Gasteiger partial charge in [0.2, 0.25) is 5.91 Å². The van der Waals surface area contributed by atoms with E-state index in [-0.39, 0.29) is 11.4 Å². The molecular weight excluding hydrogens is 186 g/mol. The Morgan fingerprint density at radius 2 is 2.29 bits per heavy atom. The standard InChI is InChI=1S/C7H7N5O2/c8-2-4-3-11-12(7(4)10)6(14)1-5(9)13/h3H,1,10H2,(H2,9,13). The van der Waals surface area contributed by atoms with E-state index >= 15 is 0 Å². The van der Waals surface area contributed by atoms with Crippen LogP contribution in [0.4, 0.5) is 5.82 Å². The number of amides is 1. The molecule has 0 saturated carbocycles. The van der Waals surface area contributed by atoms with Crippen LogP contribution < -0.4 is 11.5 Å². The molecule has 0 atom stereocenters. The molecule has 0 bridgehead atoms. The number of rotatable bonds is 2. The van der Waals surface area contributed by atoms with Gasteiger partial charge in [0.15, 0.2) is 0 Å². The van der Waals surface area contributed by atoms with Crippen molar-refractivity contribution in [3.8, 4) is 6.07 Å². The highest BCUT2D eigenvalue weighted by molar-refractivity contribution is 5.98. The zero-order valence-electron chi connectivity index (χ0n) is 7.10. The largest absolute Gasteiger partial charge is 0.382 e. The second-order valence-corrected chi connectivity index (χ2v) is 2.50. The SMILES string of the molecule is N#Cc1cnn(C(=O)CC(N)=O)c1N. The van der Waals surface area contributed by atoms with Crippen molar-refractivity contribution < 1.29 is 9.59 Å². The van der Waals surface area contributed by atoms with Crippen LogP contribution in [0.5, 0.6) is 0 Å². The normalized spacial score (nSPS) is 9.36. The van der Waals surface area contributed by atoms with Crippen LogP contribution in [0.15, 0.2) is 6.20 Å². The molecule has 1 aromatic heterocycles. The molecule has 0 aliphatic heterocycles. The van der Waals surface area contributed by atoms with Gasteiger partial charge in [-0.2, -0.15) is 15.0 Å². The lowest BCUT2D eigenvalue weighted by atomic mass is 10.3. The number of anilines is 1. The van der Waals surface area contributed by atoms with Gasteiger partial charge in [-0.05, 0) is 0 Å². The molecule has 14 heavy (non-hydrogen) atoms. The Kier molecular flexibility index (Phi) is 2.48. The van der Waals surface area contributed by atoms with E-state index in [1.54, 1.807) is 6.07 Å². The van der Waals surface area contributed by atoms with Crippen molar-refractivity contribution in [1.82, 2.24) is 9.78 Å². The van der Waals surface area contributed by atoms with Crippen LogP contribution in [0, 0.1) is 11.3 Å². The van der Waals surface area contributed by atoms with Crippen LogP contribution in [-0.4, -0.2) is 21.6 Å². The molecule has 4 N–H and O–H groups in total. The Labute approximate surface area is 78.9 Å². The fraction of sp³-hybridized carbons (Fsp3) is 0.143. The summed E-state index contributed by atoms with van der Waals surface area (Å²) in [4.78, 5) is 21.6. The zero-order valence-corrected chi connectivity index (χ0v) is 7.10. The maximum atomic E-state index is 11.2. The lowest BCUT2D eigenvalue weighted by Crippen LogP contribution is -2.22. The van der Waals surface area contributed by atoms with E-state index in [4.69, 9.17) is 16.7 Å². The summed E-state index contributed by atoms with van der Waals surface area (Å²) in [5.74, 6) is -1.52. The van der Waals surface area contributed by atoms with Gasteiger partial charge in [-0.25, -0.2) is 0 Å². The molecule has 1 amide bonds. The van der Waals surface area contributed by atoms with Crippen molar-refractivity contribution in [2.75, 3.05) is 5.73 Å². The maximum absolute atomic E-state index is 11.2. The predicted octanol–water partition coefficient (Wildman–Crippen LogP) is -1.15. The molecule has 1 rings (SSSR count). The third-order valence-corrected chi connectivity index (χ3v) is 1.49. The first-order chi connectivity index (χ1) is 6.56. The minimum absolute atomic E-state index is 0.0845. The van der Waals surface area contributed by atoms with Gasteiger partial charge >= 0.3 is 0 Å². The second-order valence-electron chi connectivity index (χ2n) is 2.50. The third kappa shape index (κ3) is 1.69. The Bertz CT molecular complexity index is 428. The minimum Gasteiger partial charge on any atom is -0.382 e. The summed E-state index contributed by atoms with van der Waals surface area (Å²) in [5, 5.41) is 12.1. The van der Waals surface area contributed by atoms with Gasteiger partial charge in [0.25, 0.3) is 5.91 Å². The number of primary amides is 1. The van der Waals surface area contributed by atoms with Crippen LogP contribution >= 0.6 is 0 Å². The Balaban J connectivity index is 2.98. The summed E-state index contributed by atoms with van der Waals surface area (Å²) < 4.78 is 0.781. The first-order valence-electron chi connectivity index (χ1n) is 3.61. The Hall–Kier alpha value is -2.36. The van der Waals surface area contributed by atoms with Crippen LogP contribution in [0.25, 0.3) is 0 Å². The molecule has 7 heteroatoms. The number of nitrogens with zero attached hydrogens (tertiary/aromatic N) is 3. The maximum Gasteiger partial charge on any atom is 0.258 e. The number of nitrogen functional groups attached to an aromatic ring is 1. The van der Waals surface area contributed by atoms with Crippen molar-refractivity contribution in [2.45, 2.75) is 6.42 Å². The molecule has 0 aromatic carbocycles. The van der Waals surface area contributed by atoms with Crippen molar-refractivity contribution in [3.05, 3.63) is 11.8 Å². The van der Waals surface area contributed by atoms with Gasteiger partial charge in [-0.15, -0.1) is 0 Å². The molecule has 0 aliphatic carbocycles. The van der Waals surface area contributed by atoms with Crippen molar-refractivity contribution >= 4 is 17.6 Å². The van der Waals surface area contributed by atoms with E-state index < -0.39 is 18.2 Å². The number of hydrogen-bond acceptors (Lipinski definition) is 5. The Morgan fingerprint density at radius 3 is 2.71 bits per heavy atom. The molecule has 0 spiro atoms. The second kappa shape index (κ2) is 3.57. The lowest BCUT2D eigenvalue weighted by molar-refractivity contribution is -0.117. The molecule has 7 nitrogen and oxygen atoms in total. The van der Waals surface area contributed by atoms with E-state index in [9.17, 15) is 9.59 Å². The van der Waals surface area contributed by atoms with E-state index in [0.717, 1.165) is 10.9 Å². The summed E-state index contributed by atoms with van der Waals surface area (Å²) in [6.07, 6.45) is 0.658. The van der Waals surface area contributed by atoms with E-state index in [1.807, 2.05) is 0 Å². The summed E-state index contributed by atoms with van der Waals surface area (Å²) in [5.41, 5.74) is 10.3. The molecule has 72 valence electrons. The summed E-state index contributed by atoms with van der Waals surface area (Å²) in [6.45, 7) is 0. The number of hydrogen-bond donors (Lipinski definition) is 2. The smallest absolute Gasteiger partial charge is 0.258 e. The van der Waals surface area contributed by atoms with Crippen LogP contribution in [0.2, 0.25) is 0 Å². The van der Waals surface area contributed by atoms with Crippen LogP contribution in [0.1, 0.15) is 16.8 Å². The minimum atomic E-state index is -0.775. The number of nitriles is 1. The molecule has 0 aliphatic rings. The number of nitrogens with two attached hydrogens (primary N) is 2. The van der Waals surface area contributed by atoms with Crippen molar-refractivity contribution in [1.29, 1.82) is 5.26 Å². The van der Waals surface area contributed by atoms with E-state index in [0.29, 0.717) is 0 Å². The molecule has 1 aromatic rings. The summed E-state index contributed by atoms with van der Waals surface area (Å²) in [6, 6.07) is 1.75. The van der Waals surface area contributed by atoms with E-state index in [2.05, 4.69) is 5.10 Å². The van der Waals surface area contributed by atoms with Crippen molar-refractivity contribution in [3.63, 3.8) is 0 Å². The van der Waals surface area contributed by atoms with Gasteiger partial charge < -0.3 is 11.5 Å². The highest BCUT2D eigenvalue weighted by Gasteiger charge is 2.15. The molecular formula is C7H7N5O2. The summed E-state index contributed by atoms with van der Waals surface area (Å²) >= 11 is 0. The Morgan fingerprint density at radius 1 is 1.64 bits per heavy atom. The molecule has 1 heterocycles.